The quantitative estimate of drug-likeness (QED) is 0.401. The molecular weight excluding hydrogens is 271 g/mol. The number of aliphatic carboxylic acids is 1. The van der Waals surface area contributed by atoms with Crippen molar-refractivity contribution in [2.45, 2.75) is 17.7 Å². The van der Waals surface area contributed by atoms with E-state index in [0.717, 1.165) is 11.8 Å². The van der Waals surface area contributed by atoms with E-state index in [1.165, 1.54) is 18.2 Å². The van der Waals surface area contributed by atoms with Gasteiger partial charge in [0.25, 0.3) is 0 Å². The number of carbonyl (C=O) groups excluding carboxylic acids is 1. The first kappa shape index (κ1) is 15.3. The van der Waals surface area contributed by atoms with E-state index >= 15 is 0 Å². The van der Waals surface area contributed by atoms with E-state index < -0.39 is 11.8 Å². The van der Waals surface area contributed by atoms with Crippen LogP contribution in [0.1, 0.15) is 12.8 Å². The van der Waals surface area contributed by atoms with Gasteiger partial charge in [0.05, 0.1) is 5.75 Å². The van der Waals surface area contributed by atoms with Crippen LogP contribution in [0.5, 0.6) is 0 Å². The number of benzene rings is 1. The van der Waals surface area contributed by atoms with Crippen LogP contribution >= 0.6 is 11.8 Å². The van der Waals surface area contributed by atoms with Crippen LogP contribution in [0.4, 0.5) is 10.1 Å². The number of hydrogen-bond donors (Lipinski definition) is 3. The van der Waals surface area contributed by atoms with Crippen LogP contribution in [0.2, 0.25) is 0 Å². The maximum Gasteiger partial charge on any atom is 0.303 e. The number of nitrogens with one attached hydrogen (secondary N) is 1. The Morgan fingerprint density at radius 1 is 1.42 bits per heavy atom. The van der Waals surface area contributed by atoms with E-state index in [1.54, 1.807) is 0 Å². The molecule has 0 saturated carbocycles. The van der Waals surface area contributed by atoms with Crippen LogP contribution in [-0.2, 0) is 9.59 Å². The molecule has 7 heteroatoms. The van der Waals surface area contributed by atoms with Crippen LogP contribution < -0.4 is 11.1 Å². The molecule has 0 aliphatic heterocycles. The van der Waals surface area contributed by atoms with Crippen molar-refractivity contribution in [1.29, 1.82) is 0 Å². The van der Waals surface area contributed by atoms with Gasteiger partial charge in [0, 0.05) is 23.5 Å². The van der Waals surface area contributed by atoms with E-state index in [9.17, 15) is 14.0 Å². The largest absolute Gasteiger partial charge is 0.481 e. The summed E-state index contributed by atoms with van der Waals surface area (Å²) >= 11 is 1.14. The standard InChI is InChI=1S/C12H15FN2O3S/c13-8-3-4-9(14)10(6-8)19-7-11(16)15-5-1-2-12(17)18/h3-4,6H,1-2,5,7,14H2,(H,15,16)(H,17,18). The number of nitrogen functional groups attached to an aromatic ring is 1. The molecule has 0 aliphatic carbocycles. The van der Waals surface area contributed by atoms with Crippen molar-refractivity contribution in [1.82, 2.24) is 5.32 Å². The van der Waals surface area contributed by atoms with Gasteiger partial charge >= 0.3 is 5.97 Å². The van der Waals surface area contributed by atoms with E-state index in [-0.39, 0.29) is 18.1 Å². The number of carboxylic acids is 1. The Bertz CT molecular complexity index is 468. The summed E-state index contributed by atoms with van der Waals surface area (Å²) in [6.45, 7) is 0.310. The van der Waals surface area contributed by atoms with Gasteiger partial charge in [0.1, 0.15) is 5.82 Å². The van der Waals surface area contributed by atoms with Gasteiger partial charge in [-0.2, -0.15) is 0 Å². The first-order chi connectivity index (χ1) is 8.99. The van der Waals surface area contributed by atoms with Crippen molar-refractivity contribution in [2.24, 2.45) is 0 Å². The number of carbonyl (C=O) groups is 2. The third kappa shape index (κ3) is 6.10. The Labute approximate surface area is 114 Å². The molecule has 1 rings (SSSR count). The molecule has 104 valence electrons. The normalized spacial score (nSPS) is 10.2. The maximum atomic E-state index is 13.0. The predicted molar refractivity (Wildman–Crippen MR) is 71.4 cm³/mol. The summed E-state index contributed by atoms with van der Waals surface area (Å²) < 4.78 is 13.0. The minimum absolute atomic E-state index is 0.0181. The molecule has 0 spiro atoms. The molecule has 1 amide bonds. The zero-order valence-electron chi connectivity index (χ0n) is 10.2. The molecule has 0 atom stereocenters. The van der Waals surface area contributed by atoms with Crippen LogP contribution in [0, 0.1) is 5.82 Å². The van der Waals surface area contributed by atoms with Crippen molar-refractivity contribution >= 4 is 29.3 Å². The van der Waals surface area contributed by atoms with Crippen LogP contribution in [0.25, 0.3) is 0 Å². The fraction of sp³-hybridized carbons (Fsp3) is 0.333. The number of amides is 1. The highest BCUT2D eigenvalue weighted by Crippen LogP contribution is 2.25. The fourth-order valence-corrected chi connectivity index (χ4v) is 2.11. The highest BCUT2D eigenvalue weighted by Gasteiger charge is 2.06. The maximum absolute atomic E-state index is 13.0. The number of nitrogens with two attached hydrogens (primary N) is 1. The van der Waals surface area contributed by atoms with Crippen molar-refractivity contribution in [3.8, 4) is 0 Å². The minimum atomic E-state index is -0.892. The molecule has 0 fully saturated rings. The lowest BCUT2D eigenvalue weighted by atomic mass is 10.3. The smallest absolute Gasteiger partial charge is 0.303 e. The monoisotopic (exact) mass is 286 g/mol. The summed E-state index contributed by atoms with van der Waals surface area (Å²) in [5.74, 6) is -1.42. The summed E-state index contributed by atoms with van der Waals surface area (Å²) in [6.07, 6.45) is 0.401. The van der Waals surface area contributed by atoms with Crippen molar-refractivity contribution in [3.63, 3.8) is 0 Å². The number of anilines is 1. The fourth-order valence-electron chi connectivity index (χ4n) is 1.29. The summed E-state index contributed by atoms with van der Waals surface area (Å²) in [6, 6.07) is 3.98. The second-order valence-electron chi connectivity index (χ2n) is 3.82. The Morgan fingerprint density at radius 3 is 2.84 bits per heavy atom. The molecular formula is C12H15FN2O3S. The second kappa shape index (κ2) is 7.63. The third-order valence-electron chi connectivity index (χ3n) is 2.22. The minimum Gasteiger partial charge on any atom is -0.481 e. The first-order valence-electron chi connectivity index (χ1n) is 5.65. The molecule has 0 aromatic heterocycles. The van der Waals surface area contributed by atoms with Gasteiger partial charge in [0.2, 0.25) is 5.91 Å². The highest BCUT2D eigenvalue weighted by molar-refractivity contribution is 8.00. The van der Waals surface area contributed by atoms with Gasteiger partial charge in [-0.25, -0.2) is 4.39 Å². The summed E-state index contributed by atoms with van der Waals surface area (Å²) in [7, 11) is 0. The molecule has 19 heavy (non-hydrogen) atoms. The average Bonchev–Trinajstić information content (AvgIpc) is 2.35. The first-order valence-corrected chi connectivity index (χ1v) is 6.64. The van der Waals surface area contributed by atoms with E-state index in [4.69, 9.17) is 10.8 Å². The molecule has 4 N–H and O–H groups in total. The van der Waals surface area contributed by atoms with E-state index in [0.29, 0.717) is 23.5 Å². The molecule has 5 nitrogen and oxygen atoms in total. The topological polar surface area (TPSA) is 92.4 Å². The Morgan fingerprint density at radius 2 is 2.16 bits per heavy atom. The zero-order valence-corrected chi connectivity index (χ0v) is 11.0. The Hall–Kier alpha value is -1.76. The molecule has 0 aliphatic rings. The van der Waals surface area contributed by atoms with E-state index in [1.807, 2.05) is 0 Å². The Balaban J connectivity index is 2.30. The van der Waals surface area contributed by atoms with Crippen LogP contribution in [0.15, 0.2) is 23.1 Å². The second-order valence-corrected chi connectivity index (χ2v) is 4.84. The number of rotatable bonds is 7. The summed E-state index contributed by atoms with van der Waals surface area (Å²) in [5.41, 5.74) is 6.07. The van der Waals surface area contributed by atoms with Crippen LogP contribution in [-0.4, -0.2) is 29.3 Å². The molecule has 0 saturated heterocycles. The van der Waals surface area contributed by atoms with Gasteiger partial charge in [-0.15, -0.1) is 11.8 Å². The van der Waals surface area contributed by atoms with Crippen molar-refractivity contribution in [3.05, 3.63) is 24.0 Å². The Kier molecular flexibility index (Phi) is 6.14. The van der Waals surface area contributed by atoms with Gasteiger partial charge < -0.3 is 16.2 Å². The lowest BCUT2D eigenvalue weighted by Crippen LogP contribution is -2.26. The number of halogens is 1. The lowest BCUT2D eigenvalue weighted by molar-refractivity contribution is -0.137. The van der Waals surface area contributed by atoms with Crippen molar-refractivity contribution in [2.75, 3.05) is 18.0 Å². The van der Waals surface area contributed by atoms with Crippen LogP contribution in [0.3, 0.4) is 0 Å². The summed E-state index contributed by atoms with van der Waals surface area (Å²) in [5, 5.41) is 11.0. The summed E-state index contributed by atoms with van der Waals surface area (Å²) in [4.78, 5) is 22.2. The molecule has 0 unspecified atom stereocenters. The average molecular weight is 286 g/mol. The van der Waals surface area contributed by atoms with Gasteiger partial charge in [-0.1, -0.05) is 0 Å². The highest BCUT2D eigenvalue weighted by atomic mass is 32.2. The van der Waals surface area contributed by atoms with Gasteiger partial charge in [-0.3, -0.25) is 9.59 Å². The third-order valence-corrected chi connectivity index (χ3v) is 3.30. The molecule has 1 aromatic carbocycles. The van der Waals surface area contributed by atoms with E-state index in [2.05, 4.69) is 5.32 Å². The van der Waals surface area contributed by atoms with Crippen molar-refractivity contribution < 1.29 is 19.1 Å². The zero-order chi connectivity index (χ0) is 14.3. The molecule has 1 aromatic rings. The number of thioether (sulfide) groups is 1. The molecule has 0 radical (unpaired) electrons. The number of hydrogen-bond acceptors (Lipinski definition) is 4. The van der Waals surface area contributed by atoms with Gasteiger partial charge in [0.15, 0.2) is 0 Å². The lowest BCUT2D eigenvalue weighted by Gasteiger charge is -2.06. The predicted octanol–water partition coefficient (Wildman–Crippen LogP) is 1.48. The number of carboxylic acid groups (broad SMARTS) is 1. The SMILES string of the molecule is Nc1ccc(F)cc1SCC(=O)NCCCC(=O)O. The van der Waals surface area contributed by atoms with Gasteiger partial charge in [-0.05, 0) is 24.6 Å². The molecule has 0 bridgehead atoms. The molecule has 0 heterocycles.